The summed E-state index contributed by atoms with van der Waals surface area (Å²) in [6.45, 7) is 0.610. The van der Waals surface area contributed by atoms with Gasteiger partial charge in [-0.25, -0.2) is 0 Å². The molecule has 0 aliphatic heterocycles. The van der Waals surface area contributed by atoms with Gasteiger partial charge < -0.3 is 5.73 Å². The maximum Gasteiger partial charge on any atom is 0.0342 e. The minimum atomic E-state index is 0. The summed E-state index contributed by atoms with van der Waals surface area (Å²) in [5, 5.41) is 2.09. The van der Waals surface area contributed by atoms with Gasteiger partial charge in [0.15, 0.2) is 0 Å². The predicted octanol–water partition coefficient (Wildman–Crippen LogP) is 3.30. The summed E-state index contributed by atoms with van der Waals surface area (Å²) >= 11 is 1.75. The van der Waals surface area contributed by atoms with Crippen LogP contribution in [0.15, 0.2) is 41.8 Å². The van der Waals surface area contributed by atoms with Crippen molar-refractivity contribution in [2.24, 2.45) is 5.73 Å². The van der Waals surface area contributed by atoms with E-state index in [1.165, 1.54) is 16.0 Å². The first-order valence-electron chi connectivity index (χ1n) is 4.23. The Bertz CT molecular complexity index is 384. The summed E-state index contributed by atoms with van der Waals surface area (Å²) in [5.41, 5.74) is 8.02. The minimum Gasteiger partial charge on any atom is -0.326 e. The van der Waals surface area contributed by atoms with E-state index in [1.807, 2.05) is 0 Å². The van der Waals surface area contributed by atoms with Crippen LogP contribution in [0.1, 0.15) is 5.56 Å². The van der Waals surface area contributed by atoms with E-state index < -0.39 is 0 Å². The Morgan fingerprint density at radius 1 is 1.14 bits per heavy atom. The summed E-state index contributed by atoms with van der Waals surface area (Å²) in [4.78, 5) is 1.30. The fourth-order valence-electron chi connectivity index (χ4n) is 1.29. The van der Waals surface area contributed by atoms with Crippen molar-refractivity contribution in [3.05, 3.63) is 47.3 Å². The van der Waals surface area contributed by atoms with Gasteiger partial charge in [0, 0.05) is 11.4 Å². The van der Waals surface area contributed by atoms with E-state index in [-0.39, 0.29) is 12.4 Å². The molecule has 0 atom stereocenters. The molecular formula is C11H12ClNS. The van der Waals surface area contributed by atoms with Crippen LogP contribution in [0.3, 0.4) is 0 Å². The van der Waals surface area contributed by atoms with E-state index in [9.17, 15) is 0 Å². The number of hydrogen-bond acceptors (Lipinski definition) is 2. The highest BCUT2D eigenvalue weighted by Gasteiger charge is 1.98. The van der Waals surface area contributed by atoms with Crippen molar-refractivity contribution in [1.29, 1.82) is 0 Å². The summed E-state index contributed by atoms with van der Waals surface area (Å²) < 4.78 is 0. The van der Waals surface area contributed by atoms with Crippen LogP contribution in [0.5, 0.6) is 0 Å². The number of nitrogens with two attached hydrogens (primary N) is 1. The second kappa shape index (κ2) is 5.15. The first kappa shape index (κ1) is 11.2. The lowest BCUT2D eigenvalue weighted by molar-refractivity contribution is 1.07. The SMILES string of the molecule is Cl.NCc1cccc(-c2cccs2)c1. The van der Waals surface area contributed by atoms with Crippen LogP contribution < -0.4 is 5.73 Å². The molecule has 14 heavy (non-hydrogen) atoms. The number of hydrogen-bond donors (Lipinski definition) is 1. The lowest BCUT2D eigenvalue weighted by Gasteiger charge is -2.00. The molecule has 0 radical (unpaired) electrons. The number of halogens is 1. The molecule has 0 bridgehead atoms. The van der Waals surface area contributed by atoms with Gasteiger partial charge in [-0.3, -0.25) is 0 Å². The zero-order chi connectivity index (χ0) is 9.10. The number of thiophene rings is 1. The zero-order valence-corrected chi connectivity index (χ0v) is 9.28. The Balaban J connectivity index is 0.000000980. The average Bonchev–Trinajstić information content (AvgIpc) is 2.71. The van der Waals surface area contributed by atoms with Gasteiger partial charge in [0.25, 0.3) is 0 Å². The van der Waals surface area contributed by atoms with Crippen molar-refractivity contribution in [3.63, 3.8) is 0 Å². The van der Waals surface area contributed by atoms with Crippen molar-refractivity contribution >= 4 is 23.7 Å². The second-order valence-electron chi connectivity index (χ2n) is 2.88. The van der Waals surface area contributed by atoms with Crippen LogP contribution in [0.2, 0.25) is 0 Å². The molecule has 1 nitrogen and oxygen atoms in total. The highest BCUT2D eigenvalue weighted by Crippen LogP contribution is 2.24. The molecule has 0 saturated heterocycles. The third-order valence-corrected chi connectivity index (χ3v) is 2.89. The molecule has 0 aliphatic carbocycles. The van der Waals surface area contributed by atoms with Crippen molar-refractivity contribution in [2.45, 2.75) is 6.54 Å². The lowest BCUT2D eigenvalue weighted by atomic mass is 10.1. The molecule has 0 saturated carbocycles. The van der Waals surface area contributed by atoms with Crippen LogP contribution in [0.4, 0.5) is 0 Å². The highest BCUT2D eigenvalue weighted by molar-refractivity contribution is 7.13. The minimum absolute atomic E-state index is 0. The van der Waals surface area contributed by atoms with Gasteiger partial charge in [0.2, 0.25) is 0 Å². The van der Waals surface area contributed by atoms with Gasteiger partial charge in [-0.05, 0) is 28.6 Å². The molecule has 0 spiro atoms. The molecule has 1 aromatic heterocycles. The molecular weight excluding hydrogens is 214 g/mol. The lowest BCUT2D eigenvalue weighted by Crippen LogP contribution is -1.95. The third kappa shape index (κ3) is 2.35. The van der Waals surface area contributed by atoms with Crippen LogP contribution >= 0.6 is 23.7 Å². The fraction of sp³-hybridized carbons (Fsp3) is 0.0909. The summed E-state index contributed by atoms with van der Waals surface area (Å²) in [5.74, 6) is 0. The Morgan fingerprint density at radius 3 is 2.64 bits per heavy atom. The van der Waals surface area contributed by atoms with Crippen molar-refractivity contribution in [1.82, 2.24) is 0 Å². The summed E-state index contributed by atoms with van der Waals surface area (Å²) in [6.07, 6.45) is 0. The van der Waals surface area contributed by atoms with Crippen molar-refractivity contribution in [2.75, 3.05) is 0 Å². The van der Waals surface area contributed by atoms with Gasteiger partial charge in [-0.1, -0.05) is 24.3 Å². The molecule has 74 valence electrons. The van der Waals surface area contributed by atoms with Crippen LogP contribution in [-0.2, 0) is 6.54 Å². The summed E-state index contributed by atoms with van der Waals surface area (Å²) in [7, 11) is 0. The van der Waals surface area contributed by atoms with Crippen LogP contribution in [0, 0.1) is 0 Å². The van der Waals surface area contributed by atoms with Gasteiger partial charge in [-0.2, -0.15) is 0 Å². The normalized spacial score (nSPS) is 9.50. The van der Waals surface area contributed by atoms with E-state index in [4.69, 9.17) is 5.73 Å². The topological polar surface area (TPSA) is 26.0 Å². The smallest absolute Gasteiger partial charge is 0.0342 e. The molecule has 1 heterocycles. The largest absolute Gasteiger partial charge is 0.326 e. The monoisotopic (exact) mass is 225 g/mol. The maximum atomic E-state index is 5.58. The molecule has 2 N–H and O–H groups in total. The van der Waals surface area contributed by atoms with E-state index in [0.717, 1.165) is 0 Å². The van der Waals surface area contributed by atoms with Gasteiger partial charge in [0.05, 0.1) is 0 Å². The Labute approximate surface area is 94.0 Å². The maximum absolute atomic E-state index is 5.58. The Morgan fingerprint density at radius 2 is 2.00 bits per heavy atom. The number of rotatable bonds is 2. The van der Waals surface area contributed by atoms with Crippen LogP contribution in [-0.4, -0.2) is 0 Å². The Kier molecular flexibility index (Phi) is 4.14. The highest BCUT2D eigenvalue weighted by atomic mass is 35.5. The zero-order valence-electron chi connectivity index (χ0n) is 7.64. The predicted molar refractivity (Wildman–Crippen MR) is 64.9 cm³/mol. The Hall–Kier alpha value is -0.830. The van der Waals surface area contributed by atoms with E-state index in [2.05, 4.69) is 41.8 Å². The molecule has 0 unspecified atom stereocenters. The average molecular weight is 226 g/mol. The van der Waals surface area contributed by atoms with Gasteiger partial charge in [-0.15, -0.1) is 23.7 Å². The first-order chi connectivity index (χ1) is 6.40. The molecule has 0 amide bonds. The van der Waals surface area contributed by atoms with E-state index in [1.54, 1.807) is 11.3 Å². The summed E-state index contributed by atoms with van der Waals surface area (Å²) in [6, 6.07) is 12.6. The standard InChI is InChI=1S/C11H11NS.ClH/c12-8-9-3-1-4-10(7-9)11-5-2-6-13-11;/h1-7H,8,12H2;1H. The van der Waals surface area contributed by atoms with Gasteiger partial charge in [0.1, 0.15) is 0 Å². The molecule has 3 heteroatoms. The third-order valence-electron chi connectivity index (χ3n) is 1.97. The van der Waals surface area contributed by atoms with Crippen molar-refractivity contribution < 1.29 is 0 Å². The fourth-order valence-corrected chi connectivity index (χ4v) is 2.02. The first-order valence-corrected chi connectivity index (χ1v) is 5.11. The second-order valence-corrected chi connectivity index (χ2v) is 3.83. The quantitative estimate of drug-likeness (QED) is 0.834. The number of benzene rings is 1. The molecule has 1 aromatic carbocycles. The van der Waals surface area contributed by atoms with E-state index >= 15 is 0 Å². The van der Waals surface area contributed by atoms with Crippen LogP contribution in [0.25, 0.3) is 10.4 Å². The molecule has 2 aromatic rings. The molecule has 2 rings (SSSR count). The van der Waals surface area contributed by atoms with Gasteiger partial charge >= 0.3 is 0 Å². The van der Waals surface area contributed by atoms with E-state index in [0.29, 0.717) is 6.54 Å². The molecule has 0 aliphatic rings. The molecule has 0 fully saturated rings. The van der Waals surface area contributed by atoms with Crippen molar-refractivity contribution in [3.8, 4) is 10.4 Å².